The van der Waals surface area contributed by atoms with Crippen molar-refractivity contribution in [2.24, 2.45) is 5.92 Å². The number of ether oxygens (including phenoxy) is 1. The fourth-order valence-corrected chi connectivity index (χ4v) is 4.55. The van der Waals surface area contributed by atoms with E-state index in [-0.39, 0.29) is 13.2 Å². The van der Waals surface area contributed by atoms with Crippen molar-refractivity contribution < 1.29 is 24.3 Å². The number of carbonyl (C=O) groups excluding carboxylic acids is 1. The summed E-state index contributed by atoms with van der Waals surface area (Å²) in [5.41, 5.74) is 2.43. The number of anilines is 1. The Bertz CT molecular complexity index is 1070. The van der Waals surface area contributed by atoms with Gasteiger partial charge in [0.25, 0.3) is 5.89 Å². The molecule has 3 rings (SSSR count). The third-order valence-electron chi connectivity index (χ3n) is 5.08. The number of benzene rings is 1. The van der Waals surface area contributed by atoms with Gasteiger partial charge < -0.3 is 30.1 Å². The lowest BCUT2D eigenvalue weighted by molar-refractivity contribution is -0.124. The van der Waals surface area contributed by atoms with Crippen molar-refractivity contribution >= 4 is 22.9 Å². The fraction of sp³-hybridized carbons (Fsp3) is 0.458. The number of hydrogen-bond acceptors (Lipinski definition) is 9. The van der Waals surface area contributed by atoms with E-state index < -0.39 is 18.6 Å². The Balaban J connectivity index is 1.77. The highest BCUT2D eigenvalue weighted by atomic mass is 32.1. The Morgan fingerprint density at radius 3 is 2.76 bits per heavy atom. The minimum atomic E-state index is -0.921. The van der Waals surface area contributed by atoms with E-state index in [2.05, 4.69) is 40.7 Å². The van der Waals surface area contributed by atoms with Gasteiger partial charge in [-0.25, -0.2) is 0 Å². The summed E-state index contributed by atoms with van der Waals surface area (Å²) in [4.78, 5) is 18.0. The second kappa shape index (κ2) is 12.0. The SMILES string of the molecule is CCc1cc(-c2noc(-c3ccc(CC(C)C)s3)n2)cc(NC)c1OCC(O)CNC(=O)CO. The number of aliphatic hydroxyl groups is 2. The highest BCUT2D eigenvalue weighted by molar-refractivity contribution is 7.15. The van der Waals surface area contributed by atoms with E-state index in [0.29, 0.717) is 29.8 Å². The molecule has 1 aromatic carbocycles. The average molecular weight is 489 g/mol. The largest absolute Gasteiger partial charge is 0.488 e. The normalized spacial score (nSPS) is 12.1. The molecule has 1 unspecified atom stereocenters. The predicted octanol–water partition coefficient (Wildman–Crippen LogP) is 3.12. The van der Waals surface area contributed by atoms with Crippen LogP contribution in [-0.2, 0) is 17.6 Å². The van der Waals surface area contributed by atoms with Gasteiger partial charge in [-0.3, -0.25) is 4.79 Å². The van der Waals surface area contributed by atoms with Crippen LogP contribution in [0.3, 0.4) is 0 Å². The molecule has 0 saturated heterocycles. The molecule has 0 radical (unpaired) electrons. The predicted molar refractivity (Wildman–Crippen MR) is 132 cm³/mol. The van der Waals surface area contributed by atoms with Crippen LogP contribution in [0.1, 0.15) is 31.2 Å². The molecule has 1 atom stereocenters. The molecule has 4 N–H and O–H groups in total. The van der Waals surface area contributed by atoms with Crippen molar-refractivity contribution in [3.05, 3.63) is 34.7 Å². The smallest absolute Gasteiger partial charge is 0.268 e. The molecule has 34 heavy (non-hydrogen) atoms. The summed E-state index contributed by atoms with van der Waals surface area (Å²) in [6.45, 7) is 5.74. The van der Waals surface area contributed by atoms with E-state index in [1.165, 1.54) is 4.88 Å². The maximum absolute atomic E-state index is 11.2. The van der Waals surface area contributed by atoms with E-state index in [1.807, 2.05) is 25.1 Å². The van der Waals surface area contributed by atoms with Crippen LogP contribution < -0.4 is 15.4 Å². The molecule has 0 aliphatic carbocycles. The zero-order valence-corrected chi connectivity index (χ0v) is 20.7. The standard InChI is InChI=1S/C24H32N4O5S/c1-5-15-9-16(10-19(25-4)22(15)32-13-17(30)11-26-21(31)12-29)23-27-24(33-28-23)20-7-6-18(34-20)8-14(2)3/h6-7,9-10,14,17,25,29-30H,5,8,11-13H2,1-4H3,(H,26,31). The van der Waals surface area contributed by atoms with E-state index in [4.69, 9.17) is 14.4 Å². The summed E-state index contributed by atoms with van der Waals surface area (Å²) < 4.78 is 11.4. The first-order valence-corrected chi connectivity index (χ1v) is 12.1. The van der Waals surface area contributed by atoms with Gasteiger partial charge in [0.05, 0.1) is 10.6 Å². The van der Waals surface area contributed by atoms with Crippen molar-refractivity contribution in [1.29, 1.82) is 0 Å². The Hall–Kier alpha value is -2.95. The van der Waals surface area contributed by atoms with Gasteiger partial charge in [0.1, 0.15) is 25.1 Å². The molecule has 2 heterocycles. The van der Waals surface area contributed by atoms with Crippen LogP contribution in [0.4, 0.5) is 5.69 Å². The number of aromatic nitrogens is 2. The minimum Gasteiger partial charge on any atom is -0.488 e. The number of hydrogen-bond donors (Lipinski definition) is 4. The third kappa shape index (κ3) is 6.55. The number of nitrogens with zero attached hydrogens (tertiary/aromatic N) is 2. The van der Waals surface area contributed by atoms with Gasteiger partial charge in [-0.1, -0.05) is 25.9 Å². The quantitative estimate of drug-likeness (QED) is 0.306. The second-order valence-electron chi connectivity index (χ2n) is 8.33. The highest BCUT2D eigenvalue weighted by Crippen LogP contribution is 2.36. The number of nitrogens with one attached hydrogen (secondary N) is 2. The van der Waals surface area contributed by atoms with E-state index in [9.17, 15) is 9.90 Å². The van der Waals surface area contributed by atoms with Gasteiger partial charge >= 0.3 is 0 Å². The molecule has 0 bridgehead atoms. The summed E-state index contributed by atoms with van der Waals surface area (Å²) in [5.74, 6) is 1.62. The molecule has 184 valence electrons. The third-order valence-corrected chi connectivity index (χ3v) is 6.18. The van der Waals surface area contributed by atoms with Crippen LogP contribution in [0.25, 0.3) is 22.2 Å². The molecule has 1 amide bonds. The van der Waals surface area contributed by atoms with Crippen LogP contribution >= 0.6 is 11.3 Å². The number of carbonyl (C=O) groups is 1. The Kier molecular flexibility index (Phi) is 9.03. The number of amides is 1. The lowest BCUT2D eigenvalue weighted by Crippen LogP contribution is -2.36. The first-order chi connectivity index (χ1) is 16.3. The maximum atomic E-state index is 11.2. The average Bonchev–Trinajstić information content (AvgIpc) is 3.50. The molecular formula is C24H32N4O5S. The van der Waals surface area contributed by atoms with Gasteiger partial charge in [0, 0.05) is 24.0 Å². The molecule has 0 spiro atoms. The zero-order chi connectivity index (χ0) is 24.7. The number of thiophene rings is 1. The summed E-state index contributed by atoms with van der Waals surface area (Å²) >= 11 is 1.66. The summed E-state index contributed by atoms with van der Waals surface area (Å²) in [5, 5.41) is 28.6. The van der Waals surface area contributed by atoms with E-state index >= 15 is 0 Å². The van der Waals surface area contributed by atoms with Gasteiger partial charge in [-0.05, 0) is 48.6 Å². The van der Waals surface area contributed by atoms with Crippen molar-refractivity contribution in [3.63, 3.8) is 0 Å². The summed E-state index contributed by atoms with van der Waals surface area (Å²) in [7, 11) is 1.78. The summed E-state index contributed by atoms with van der Waals surface area (Å²) in [6, 6.07) is 7.94. The fourth-order valence-electron chi connectivity index (χ4n) is 3.41. The first-order valence-electron chi connectivity index (χ1n) is 11.3. The lowest BCUT2D eigenvalue weighted by atomic mass is 10.0. The van der Waals surface area contributed by atoms with Crippen LogP contribution in [0.2, 0.25) is 0 Å². The van der Waals surface area contributed by atoms with Crippen molar-refractivity contribution in [3.8, 4) is 27.9 Å². The van der Waals surface area contributed by atoms with Gasteiger partial charge in [-0.15, -0.1) is 11.3 Å². The van der Waals surface area contributed by atoms with Crippen LogP contribution in [0.5, 0.6) is 5.75 Å². The van der Waals surface area contributed by atoms with E-state index in [0.717, 1.165) is 28.1 Å². The molecule has 0 aliphatic heterocycles. The van der Waals surface area contributed by atoms with Gasteiger partial charge in [0.2, 0.25) is 11.7 Å². The molecule has 10 heteroatoms. The number of aliphatic hydroxyl groups excluding tert-OH is 2. The van der Waals surface area contributed by atoms with Crippen LogP contribution in [-0.4, -0.2) is 59.2 Å². The van der Waals surface area contributed by atoms with Crippen molar-refractivity contribution in [1.82, 2.24) is 15.5 Å². The lowest BCUT2D eigenvalue weighted by Gasteiger charge is -2.18. The van der Waals surface area contributed by atoms with Crippen LogP contribution in [0.15, 0.2) is 28.8 Å². The second-order valence-corrected chi connectivity index (χ2v) is 9.50. The molecule has 9 nitrogen and oxygen atoms in total. The molecule has 0 fully saturated rings. The van der Waals surface area contributed by atoms with Crippen molar-refractivity contribution in [2.45, 2.75) is 39.7 Å². The molecular weight excluding hydrogens is 456 g/mol. The number of aryl methyl sites for hydroxylation is 1. The van der Waals surface area contributed by atoms with Gasteiger partial charge in [0.15, 0.2) is 0 Å². The van der Waals surface area contributed by atoms with E-state index in [1.54, 1.807) is 18.4 Å². The number of rotatable bonds is 12. The minimum absolute atomic E-state index is 0.0128. The molecule has 2 aromatic heterocycles. The monoisotopic (exact) mass is 488 g/mol. The first kappa shape index (κ1) is 25.7. The Labute approximate surface area is 203 Å². The molecule has 0 saturated carbocycles. The molecule has 0 aliphatic rings. The molecule has 3 aromatic rings. The topological polar surface area (TPSA) is 130 Å². The van der Waals surface area contributed by atoms with Crippen molar-refractivity contribution in [2.75, 3.05) is 32.1 Å². The zero-order valence-electron chi connectivity index (χ0n) is 19.9. The Morgan fingerprint density at radius 1 is 1.29 bits per heavy atom. The Morgan fingerprint density at radius 2 is 2.09 bits per heavy atom. The maximum Gasteiger partial charge on any atom is 0.268 e. The summed E-state index contributed by atoms with van der Waals surface area (Å²) in [6.07, 6.45) is 0.778. The van der Waals surface area contributed by atoms with Crippen LogP contribution in [0, 0.1) is 5.92 Å². The van der Waals surface area contributed by atoms with Gasteiger partial charge in [-0.2, -0.15) is 4.98 Å². The highest BCUT2D eigenvalue weighted by Gasteiger charge is 2.18.